The SMILES string of the molecule is CC(CC1CC1)NC(=O)CC(O)c1ccccc1. The Morgan fingerprint density at radius 3 is 2.67 bits per heavy atom. The van der Waals surface area contributed by atoms with Crippen molar-refractivity contribution in [2.24, 2.45) is 5.92 Å². The molecular weight excluding hydrogens is 226 g/mol. The Balaban J connectivity index is 1.76. The largest absolute Gasteiger partial charge is 0.388 e. The number of rotatable bonds is 6. The summed E-state index contributed by atoms with van der Waals surface area (Å²) in [5.41, 5.74) is 0.794. The van der Waals surface area contributed by atoms with Crippen LogP contribution in [-0.2, 0) is 4.79 Å². The van der Waals surface area contributed by atoms with E-state index in [1.807, 2.05) is 37.3 Å². The minimum atomic E-state index is -0.709. The number of carbonyl (C=O) groups excluding carboxylic acids is 1. The molecule has 0 spiro atoms. The van der Waals surface area contributed by atoms with Gasteiger partial charge in [0, 0.05) is 6.04 Å². The molecule has 2 rings (SSSR count). The van der Waals surface area contributed by atoms with Crippen LogP contribution in [0.1, 0.15) is 44.3 Å². The van der Waals surface area contributed by atoms with E-state index >= 15 is 0 Å². The summed E-state index contributed by atoms with van der Waals surface area (Å²) in [5.74, 6) is 0.735. The average molecular weight is 247 g/mol. The lowest BCUT2D eigenvalue weighted by atomic mass is 10.1. The summed E-state index contributed by atoms with van der Waals surface area (Å²) in [6, 6.07) is 9.52. The van der Waals surface area contributed by atoms with E-state index in [2.05, 4.69) is 5.32 Å². The highest BCUT2D eigenvalue weighted by molar-refractivity contribution is 5.76. The van der Waals surface area contributed by atoms with Crippen LogP contribution in [0, 0.1) is 5.92 Å². The number of nitrogens with one attached hydrogen (secondary N) is 1. The van der Waals surface area contributed by atoms with Crippen molar-refractivity contribution in [3.05, 3.63) is 35.9 Å². The van der Waals surface area contributed by atoms with E-state index in [-0.39, 0.29) is 18.4 Å². The van der Waals surface area contributed by atoms with Gasteiger partial charge in [0.1, 0.15) is 0 Å². The third-order valence-electron chi connectivity index (χ3n) is 3.35. The van der Waals surface area contributed by atoms with Gasteiger partial charge in [-0.05, 0) is 24.8 Å². The molecule has 1 aliphatic rings. The van der Waals surface area contributed by atoms with E-state index in [1.165, 1.54) is 12.8 Å². The van der Waals surface area contributed by atoms with Crippen molar-refractivity contribution >= 4 is 5.91 Å². The zero-order valence-electron chi connectivity index (χ0n) is 10.8. The highest BCUT2D eigenvalue weighted by atomic mass is 16.3. The Labute approximate surface area is 108 Å². The van der Waals surface area contributed by atoms with Gasteiger partial charge in [0.25, 0.3) is 0 Å². The Morgan fingerprint density at radius 2 is 2.06 bits per heavy atom. The molecule has 0 aromatic heterocycles. The van der Waals surface area contributed by atoms with Crippen molar-refractivity contribution in [2.75, 3.05) is 0 Å². The van der Waals surface area contributed by atoms with Crippen LogP contribution in [0.15, 0.2) is 30.3 Å². The van der Waals surface area contributed by atoms with E-state index in [0.717, 1.165) is 17.9 Å². The van der Waals surface area contributed by atoms with Crippen molar-refractivity contribution in [3.63, 3.8) is 0 Å². The zero-order chi connectivity index (χ0) is 13.0. The molecule has 0 bridgehead atoms. The summed E-state index contributed by atoms with van der Waals surface area (Å²) in [5, 5.41) is 12.9. The van der Waals surface area contributed by atoms with Crippen LogP contribution in [0.5, 0.6) is 0 Å². The van der Waals surface area contributed by atoms with Gasteiger partial charge in [-0.1, -0.05) is 43.2 Å². The fraction of sp³-hybridized carbons (Fsp3) is 0.533. The zero-order valence-corrected chi connectivity index (χ0v) is 10.8. The van der Waals surface area contributed by atoms with Crippen molar-refractivity contribution in [3.8, 4) is 0 Å². The number of benzene rings is 1. The number of aliphatic hydroxyl groups is 1. The van der Waals surface area contributed by atoms with E-state index in [4.69, 9.17) is 0 Å². The fourth-order valence-electron chi connectivity index (χ4n) is 2.21. The van der Waals surface area contributed by atoms with E-state index in [0.29, 0.717) is 0 Å². The molecule has 2 atom stereocenters. The first-order chi connectivity index (χ1) is 8.65. The van der Waals surface area contributed by atoms with Gasteiger partial charge >= 0.3 is 0 Å². The standard InChI is InChI=1S/C15H21NO2/c1-11(9-12-7-8-12)16-15(18)10-14(17)13-5-3-2-4-6-13/h2-6,11-12,14,17H,7-10H2,1H3,(H,16,18). The molecule has 0 radical (unpaired) electrons. The second kappa shape index (κ2) is 6.01. The Bertz CT molecular complexity index is 387. The Hall–Kier alpha value is -1.35. The second-order valence-electron chi connectivity index (χ2n) is 5.28. The van der Waals surface area contributed by atoms with Gasteiger partial charge < -0.3 is 10.4 Å². The average Bonchev–Trinajstić information content (AvgIpc) is 3.13. The number of hydrogen-bond acceptors (Lipinski definition) is 2. The van der Waals surface area contributed by atoms with Gasteiger partial charge in [-0.15, -0.1) is 0 Å². The maximum atomic E-state index is 11.8. The third kappa shape index (κ3) is 4.15. The topological polar surface area (TPSA) is 49.3 Å². The smallest absolute Gasteiger partial charge is 0.223 e. The molecule has 2 N–H and O–H groups in total. The lowest BCUT2D eigenvalue weighted by Gasteiger charge is -2.15. The highest BCUT2D eigenvalue weighted by Crippen LogP contribution is 2.33. The summed E-state index contributed by atoms with van der Waals surface area (Å²) >= 11 is 0. The number of hydrogen-bond donors (Lipinski definition) is 2. The molecule has 0 saturated heterocycles. The molecule has 1 amide bonds. The molecule has 1 aromatic carbocycles. The summed E-state index contributed by atoms with van der Waals surface area (Å²) in [6.07, 6.45) is 3.09. The molecule has 3 heteroatoms. The van der Waals surface area contributed by atoms with Crippen LogP contribution in [0.2, 0.25) is 0 Å². The molecule has 1 aliphatic carbocycles. The molecule has 2 unspecified atom stereocenters. The summed E-state index contributed by atoms with van der Waals surface area (Å²) < 4.78 is 0. The Morgan fingerprint density at radius 1 is 1.39 bits per heavy atom. The molecule has 3 nitrogen and oxygen atoms in total. The van der Waals surface area contributed by atoms with Crippen LogP contribution in [-0.4, -0.2) is 17.1 Å². The predicted molar refractivity (Wildman–Crippen MR) is 71.0 cm³/mol. The van der Waals surface area contributed by atoms with Crippen molar-refractivity contribution in [1.82, 2.24) is 5.32 Å². The van der Waals surface area contributed by atoms with Crippen molar-refractivity contribution in [1.29, 1.82) is 0 Å². The molecular formula is C15H21NO2. The van der Waals surface area contributed by atoms with Crippen molar-refractivity contribution < 1.29 is 9.90 Å². The lowest BCUT2D eigenvalue weighted by Crippen LogP contribution is -2.33. The number of amides is 1. The van der Waals surface area contributed by atoms with Crippen LogP contribution >= 0.6 is 0 Å². The molecule has 1 saturated carbocycles. The van der Waals surface area contributed by atoms with Crippen LogP contribution in [0.3, 0.4) is 0 Å². The van der Waals surface area contributed by atoms with Crippen LogP contribution in [0.4, 0.5) is 0 Å². The summed E-state index contributed by atoms with van der Waals surface area (Å²) in [6.45, 7) is 2.03. The van der Waals surface area contributed by atoms with Gasteiger partial charge in [-0.3, -0.25) is 4.79 Å². The highest BCUT2D eigenvalue weighted by Gasteiger charge is 2.24. The van der Waals surface area contributed by atoms with E-state index in [1.54, 1.807) is 0 Å². The Kier molecular flexibility index (Phi) is 4.37. The minimum absolute atomic E-state index is 0.0699. The summed E-state index contributed by atoms with van der Waals surface area (Å²) in [4.78, 5) is 11.8. The molecule has 98 valence electrons. The van der Waals surface area contributed by atoms with Crippen molar-refractivity contribution in [2.45, 2.75) is 44.8 Å². The third-order valence-corrected chi connectivity index (χ3v) is 3.35. The lowest BCUT2D eigenvalue weighted by molar-refractivity contribution is -0.123. The molecule has 0 heterocycles. The number of aliphatic hydroxyl groups excluding tert-OH is 1. The van der Waals surface area contributed by atoms with Gasteiger partial charge in [-0.25, -0.2) is 0 Å². The van der Waals surface area contributed by atoms with Gasteiger partial charge in [0.2, 0.25) is 5.91 Å². The molecule has 1 fully saturated rings. The van der Waals surface area contributed by atoms with E-state index < -0.39 is 6.10 Å². The normalized spacial score (nSPS) is 18.1. The number of carbonyl (C=O) groups is 1. The quantitative estimate of drug-likeness (QED) is 0.811. The van der Waals surface area contributed by atoms with E-state index in [9.17, 15) is 9.90 Å². The first-order valence-electron chi connectivity index (χ1n) is 6.67. The summed E-state index contributed by atoms with van der Waals surface area (Å²) in [7, 11) is 0. The first kappa shape index (κ1) is 13.1. The maximum Gasteiger partial charge on any atom is 0.223 e. The minimum Gasteiger partial charge on any atom is -0.388 e. The van der Waals surface area contributed by atoms with Gasteiger partial charge in [0.05, 0.1) is 12.5 Å². The monoisotopic (exact) mass is 247 g/mol. The maximum absolute atomic E-state index is 11.8. The van der Waals surface area contributed by atoms with Crippen LogP contribution < -0.4 is 5.32 Å². The molecule has 0 aliphatic heterocycles. The predicted octanol–water partition coefficient (Wildman–Crippen LogP) is 2.41. The second-order valence-corrected chi connectivity index (χ2v) is 5.28. The molecule has 1 aromatic rings. The first-order valence-corrected chi connectivity index (χ1v) is 6.67. The van der Waals surface area contributed by atoms with Crippen LogP contribution in [0.25, 0.3) is 0 Å². The van der Waals surface area contributed by atoms with Gasteiger partial charge in [0.15, 0.2) is 0 Å². The fourth-order valence-corrected chi connectivity index (χ4v) is 2.21. The van der Waals surface area contributed by atoms with Gasteiger partial charge in [-0.2, -0.15) is 0 Å². The molecule has 18 heavy (non-hydrogen) atoms.